The summed E-state index contributed by atoms with van der Waals surface area (Å²) in [6.45, 7) is 2.39. The summed E-state index contributed by atoms with van der Waals surface area (Å²) < 4.78 is 5.71. The molecule has 0 saturated carbocycles. The van der Waals surface area contributed by atoms with Crippen LogP contribution in [0.1, 0.15) is 0 Å². The average molecular weight is 192 g/mol. The second kappa shape index (κ2) is 3.32. The molecule has 1 radical (unpaired) electrons. The van der Waals surface area contributed by atoms with Crippen LogP contribution >= 0.6 is 0 Å². The molecule has 1 heterocycles. The number of nitrogens with one attached hydrogen (secondary N) is 2. The molecule has 0 amide bonds. The van der Waals surface area contributed by atoms with Crippen LogP contribution in [0.3, 0.4) is 0 Å². The fourth-order valence-corrected chi connectivity index (χ4v) is 1.05. The normalized spacial score (nSPS) is 27.8. The van der Waals surface area contributed by atoms with Gasteiger partial charge in [0, 0.05) is 0 Å². The first-order valence-electron chi connectivity index (χ1n) is 2.88. The quantitative estimate of drug-likeness (QED) is 0.418. The van der Waals surface area contributed by atoms with E-state index in [0.29, 0.717) is 11.2 Å². The molecule has 1 aliphatic heterocycles. The fraction of sp³-hybridized carbons (Fsp3) is 0.800. The first kappa shape index (κ1) is 7.22. The molecule has 0 bridgehead atoms. The van der Waals surface area contributed by atoms with Gasteiger partial charge in [0.2, 0.25) is 0 Å². The molecule has 2 N–H and O–H groups in total. The van der Waals surface area contributed by atoms with E-state index in [4.69, 9.17) is 10.1 Å². The van der Waals surface area contributed by atoms with Crippen molar-refractivity contribution in [3.8, 4) is 0 Å². The van der Waals surface area contributed by atoms with Crippen LogP contribution in [0.5, 0.6) is 0 Å². The zero-order chi connectivity index (χ0) is 6.69. The molecule has 1 atom stereocenters. The molecule has 1 unspecified atom stereocenters. The molecule has 0 aromatic carbocycles. The van der Waals surface area contributed by atoms with Gasteiger partial charge < -0.3 is 0 Å². The summed E-state index contributed by atoms with van der Waals surface area (Å²) in [6, 6.07) is 0. The second-order valence-corrected chi connectivity index (χ2v) is 2.85. The number of hydrogen-bond acceptors (Lipinski definition) is 3. The first-order chi connectivity index (χ1) is 4.30. The Morgan fingerprint density at radius 3 is 2.89 bits per heavy atom. The van der Waals surface area contributed by atoms with Crippen molar-refractivity contribution in [2.45, 2.75) is 6.10 Å². The van der Waals surface area contributed by atoms with Crippen LogP contribution in [0.2, 0.25) is 0 Å². The van der Waals surface area contributed by atoms with Crippen molar-refractivity contribution in [3.63, 3.8) is 0 Å². The molecule has 0 aliphatic carbocycles. The molecule has 9 heavy (non-hydrogen) atoms. The molecule has 51 valence electrons. The van der Waals surface area contributed by atoms with Crippen molar-refractivity contribution >= 4 is 20.6 Å². The number of hydrogen-bond donors (Lipinski definition) is 2. The van der Waals surface area contributed by atoms with Gasteiger partial charge in [-0.2, -0.15) is 0 Å². The second-order valence-electron chi connectivity index (χ2n) is 1.93. The molecule has 0 spiro atoms. The standard InChI is InChI=1S/C5H9N2OSe/c6-5(9)4-3-7-1-2-8-4/h4,6-7H,1-3H2. The summed E-state index contributed by atoms with van der Waals surface area (Å²) in [6.07, 6.45) is -0.0289. The Bertz CT molecular complexity index is 112. The van der Waals surface area contributed by atoms with E-state index in [1.54, 1.807) is 0 Å². The van der Waals surface area contributed by atoms with E-state index in [-0.39, 0.29) is 6.10 Å². The third-order valence-electron chi connectivity index (χ3n) is 1.22. The van der Waals surface area contributed by atoms with E-state index >= 15 is 0 Å². The van der Waals surface area contributed by atoms with Crippen molar-refractivity contribution in [3.05, 3.63) is 0 Å². The molecule has 0 aromatic heterocycles. The molecule has 1 rings (SSSR count). The SMILES string of the molecule is N=C([Se])C1CNCCO1. The topological polar surface area (TPSA) is 45.1 Å². The molecular weight excluding hydrogens is 183 g/mol. The van der Waals surface area contributed by atoms with Crippen molar-refractivity contribution in [1.82, 2.24) is 5.32 Å². The van der Waals surface area contributed by atoms with Gasteiger partial charge in [0.1, 0.15) is 0 Å². The van der Waals surface area contributed by atoms with Crippen molar-refractivity contribution < 1.29 is 4.74 Å². The van der Waals surface area contributed by atoms with Crippen LogP contribution in [0.25, 0.3) is 0 Å². The fourth-order valence-electron chi connectivity index (χ4n) is 0.734. The Balaban J connectivity index is 2.31. The van der Waals surface area contributed by atoms with Crippen molar-refractivity contribution in [1.29, 1.82) is 5.41 Å². The molecule has 4 heteroatoms. The van der Waals surface area contributed by atoms with Crippen LogP contribution < -0.4 is 5.32 Å². The maximum atomic E-state index is 7.17. The molecule has 1 aliphatic rings. The van der Waals surface area contributed by atoms with Gasteiger partial charge >= 0.3 is 61.9 Å². The van der Waals surface area contributed by atoms with Crippen LogP contribution in [-0.2, 0) is 4.74 Å². The summed E-state index contributed by atoms with van der Waals surface area (Å²) in [4.78, 5) is 0. The summed E-state index contributed by atoms with van der Waals surface area (Å²) >= 11 is 2.63. The van der Waals surface area contributed by atoms with Crippen molar-refractivity contribution in [2.24, 2.45) is 0 Å². The summed E-state index contributed by atoms with van der Waals surface area (Å²) in [5.41, 5.74) is 0. The van der Waals surface area contributed by atoms with E-state index in [1.807, 2.05) is 0 Å². The van der Waals surface area contributed by atoms with Gasteiger partial charge in [-0.1, -0.05) is 0 Å². The van der Waals surface area contributed by atoms with Gasteiger partial charge in [-0.05, 0) is 0 Å². The van der Waals surface area contributed by atoms with Gasteiger partial charge in [0.15, 0.2) is 0 Å². The number of rotatable bonds is 1. The van der Waals surface area contributed by atoms with E-state index in [0.717, 1.165) is 13.1 Å². The van der Waals surface area contributed by atoms with Crippen LogP contribution in [0.15, 0.2) is 0 Å². The maximum absolute atomic E-state index is 7.17. The Hall–Kier alpha value is 0.109. The minimum atomic E-state index is -0.0289. The summed E-state index contributed by atoms with van der Waals surface area (Å²) in [5, 5.41) is 10.3. The van der Waals surface area contributed by atoms with E-state index in [1.165, 1.54) is 0 Å². The van der Waals surface area contributed by atoms with Gasteiger partial charge in [-0.25, -0.2) is 0 Å². The predicted octanol–water partition coefficient (Wildman–Crippen LogP) is -0.879. The minimum absolute atomic E-state index is 0.0289. The van der Waals surface area contributed by atoms with E-state index in [2.05, 4.69) is 21.3 Å². The van der Waals surface area contributed by atoms with E-state index < -0.39 is 0 Å². The van der Waals surface area contributed by atoms with Gasteiger partial charge in [-0.15, -0.1) is 0 Å². The molecule has 1 saturated heterocycles. The van der Waals surface area contributed by atoms with E-state index in [9.17, 15) is 0 Å². The Labute approximate surface area is 62.5 Å². The molecule has 0 aromatic rings. The Morgan fingerprint density at radius 2 is 2.56 bits per heavy atom. The molecular formula is C5H9N2OSe. The van der Waals surface area contributed by atoms with Gasteiger partial charge in [0.25, 0.3) is 0 Å². The summed E-state index contributed by atoms with van der Waals surface area (Å²) in [7, 11) is 0. The molecule has 1 fully saturated rings. The predicted molar refractivity (Wildman–Crippen MR) is 36.1 cm³/mol. The average Bonchev–Trinajstić information content (AvgIpc) is 1.90. The van der Waals surface area contributed by atoms with Crippen LogP contribution in [0, 0.1) is 5.41 Å². The number of ether oxygens (including phenoxy) is 1. The third kappa shape index (κ3) is 2.06. The zero-order valence-corrected chi connectivity index (χ0v) is 6.73. The van der Waals surface area contributed by atoms with Gasteiger partial charge in [-0.3, -0.25) is 0 Å². The Kier molecular flexibility index (Phi) is 2.66. The van der Waals surface area contributed by atoms with Crippen LogP contribution in [-0.4, -0.2) is 46.4 Å². The van der Waals surface area contributed by atoms with Crippen molar-refractivity contribution in [2.75, 3.05) is 19.7 Å². The van der Waals surface area contributed by atoms with Gasteiger partial charge in [0.05, 0.1) is 0 Å². The molecule has 3 nitrogen and oxygen atoms in total. The zero-order valence-electron chi connectivity index (χ0n) is 5.02. The first-order valence-corrected chi connectivity index (χ1v) is 3.74. The number of morpholine rings is 1. The Morgan fingerprint density at radius 1 is 1.78 bits per heavy atom. The monoisotopic (exact) mass is 193 g/mol. The van der Waals surface area contributed by atoms with Crippen LogP contribution in [0.4, 0.5) is 0 Å². The summed E-state index contributed by atoms with van der Waals surface area (Å²) in [5.74, 6) is 0. The third-order valence-corrected chi connectivity index (χ3v) is 1.77.